The summed E-state index contributed by atoms with van der Waals surface area (Å²) in [5.74, 6) is 1.69. The summed E-state index contributed by atoms with van der Waals surface area (Å²) < 4.78 is 11.2. The summed E-state index contributed by atoms with van der Waals surface area (Å²) in [5.41, 5.74) is 1.28. The number of benzene rings is 1. The molecular weight excluding hydrogens is 224 g/mol. The molecule has 2 heteroatoms. The van der Waals surface area contributed by atoms with E-state index in [2.05, 4.69) is 19.1 Å². The molecular formula is C16H24O2. The van der Waals surface area contributed by atoms with Crippen molar-refractivity contribution in [2.75, 3.05) is 13.7 Å². The number of ether oxygens (including phenoxy) is 2. The normalized spacial score (nSPS) is 23.9. The third-order valence-electron chi connectivity index (χ3n) is 3.82. The number of hydrogen-bond donors (Lipinski definition) is 0. The van der Waals surface area contributed by atoms with Crippen LogP contribution in [0.5, 0.6) is 5.75 Å². The van der Waals surface area contributed by atoms with Gasteiger partial charge in [-0.2, -0.15) is 0 Å². The fourth-order valence-corrected chi connectivity index (χ4v) is 2.61. The van der Waals surface area contributed by atoms with Crippen LogP contribution in [0.3, 0.4) is 0 Å². The second-order valence-corrected chi connectivity index (χ2v) is 5.18. The van der Waals surface area contributed by atoms with Crippen LogP contribution < -0.4 is 4.74 Å². The zero-order valence-electron chi connectivity index (χ0n) is 11.5. The highest BCUT2D eigenvalue weighted by atomic mass is 16.5. The van der Waals surface area contributed by atoms with E-state index in [1.54, 1.807) is 7.11 Å². The summed E-state index contributed by atoms with van der Waals surface area (Å²) in [6, 6.07) is 8.27. The van der Waals surface area contributed by atoms with Crippen LogP contribution in [0.4, 0.5) is 0 Å². The van der Waals surface area contributed by atoms with Gasteiger partial charge in [0.25, 0.3) is 0 Å². The van der Waals surface area contributed by atoms with Crippen molar-refractivity contribution in [2.45, 2.75) is 45.1 Å². The first kappa shape index (κ1) is 13.4. The smallest absolute Gasteiger partial charge is 0.118 e. The molecule has 0 N–H and O–H groups in total. The molecule has 18 heavy (non-hydrogen) atoms. The van der Waals surface area contributed by atoms with Gasteiger partial charge in [-0.3, -0.25) is 0 Å². The van der Waals surface area contributed by atoms with Gasteiger partial charge in [-0.05, 0) is 42.9 Å². The van der Waals surface area contributed by atoms with Crippen LogP contribution in [-0.4, -0.2) is 13.7 Å². The van der Waals surface area contributed by atoms with Crippen LogP contribution in [0.2, 0.25) is 0 Å². The van der Waals surface area contributed by atoms with E-state index in [-0.39, 0.29) is 6.10 Å². The van der Waals surface area contributed by atoms with Gasteiger partial charge in [0.1, 0.15) is 5.75 Å². The fourth-order valence-electron chi connectivity index (χ4n) is 2.61. The Labute approximate surface area is 110 Å². The Bertz CT molecular complexity index is 337. The highest BCUT2D eigenvalue weighted by Crippen LogP contribution is 2.33. The lowest BCUT2D eigenvalue weighted by Gasteiger charge is -2.29. The SMILES string of the molecule is CCCCC1CCC(c2ccc(OC)cc2)OC1. The maximum atomic E-state index is 6.01. The number of rotatable bonds is 5. The lowest BCUT2D eigenvalue weighted by atomic mass is 9.91. The molecule has 1 heterocycles. The predicted octanol–water partition coefficient (Wildman–Crippen LogP) is 4.35. The maximum absolute atomic E-state index is 6.01. The largest absolute Gasteiger partial charge is 0.497 e. The molecule has 0 spiro atoms. The van der Waals surface area contributed by atoms with E-state index in [4.69, 9.17) is 9.47 Å². The zero-order chi connectivity index (χ0) is 12.8. The van der Waals surface area contributed by atoms with Crippen LogP contribution in [-0.2, 0) is 4.74 Å². The third kappa shape index (κ3) is 3.49. The Morgan fingerprint density at radius 1 is 1.22 bits per heavy atom. The average Bonchev–Trinajstić information content (AvgIpc) is 2.46. The van der Waals surface area contributed by atoms with Crippen LogP contribution in [0.25, 0.3) is 0 Å². The molecule has 2 unspecified atom stereocenters. The van der Waals surface area contributed by atoms with E-state index in [0.717, 1.165) is 24.7 Å². The van der Waals surface area contributed by atoms with E-state index in [0.29, 0.717) is 0 Å². The molecule has 0 aliphatic carbocycles. The van der Waals surface area contributed by atoms with Crippen molar-refractivity contribution in [2.24, 2.45) is 5.92 Å². The van der Waals surface area contributed by atoms with Crippen molar-refractivity contribution in [3.63, 3.8) is 0 Å². The summed E-state index contributed by atoms with van der Waals surface area (Å²) >= 11 is 0. The number of methoxy groups -OCH3 is 1. The Kier molecular flexibility index (Phi) is 5.06. The lowest BCUT2D eigenvalue weighted by Crippen LogP contribution is -2.20. The molecule has 0 bridgehead atoms. The van der Waals surface area contributed by atoms with Gasteiger partial charge in [0.05, 0.1) is 19.8 Å². The molecule has 0 radical (unpaired) electrons. The predicted molar refractivity (Wildman–Crippen MR) is 73.9 cm³/mol. The Balaban J connectivity index is 1.84. The first-order valence-electron chi connectivity index (χ1n) is 7.09. The standard InChI is InChI=1S/C16H24O2/c1-3-4-5-13-6-11-16(18-12-13)14-7-9-15(17-2)10-8-14/h7-10,13,16H,3-6,11-12H2,1-2H3. The molecule has 2 rings (SSSR count). The number of unbranched alkanes of at least 4 members (excludes halogenated alkanes) is 1. The molecule has 1 fully saturated rings. The Morgan fingerprint density at radius 2 is 2.00 bits per heavy atom. The van der Waals surface area contributed by atoms with E-state index in [1.807, 2.05) is 12.1 Å². The minimum atomic E-state index is 0.286. The summed E-state index contributed by atoms with van der Waals surface area (Å²) in [7, 11) is 1.70. The monoisotopic (exact) mass is 248 g/mol. The molecule has 0 aromatic heterocycles. The third-order valence-corrected chi connectivity index (χ3v) is 3.82. The van der Waals surface area contributed by atoms with Crippen molar-refractivity contribution < 1.29 is 9.47 Å². The van der Waals surface area contributed by atoms with E-state index < -0.39 is 0 Å². The van der Waals surface area contributed by atoms with Gasteiger partial charge in [0.2, 0.25) is 0 Å². The molecule has 1 aliphatic rings. The van der Waals surface area contributed by atoms with Crippen LogP contribution in [0.1, 0.15) is 50.7 Å². The minimum Gasteiger partial charge on any atom is -0.497 e. The van der Waals surface area contributed by atoms with Gasteiger partial charge >= 0.3 is 0 Å². The maximum Gasteiger partial charge on any atom is 0.118 e. The fraction of sp³-hybridized carbons (Fsp3) is 0.625. The highest BCUT2D eigenvalue weighted by molar-refractivity contribution is 5.28. The van der Waals surface area contributed by atoms with Crippen LogP contribution >= 0.6 is 0 Å². The summed E-state index contributed by atoms with van der Waals surface area (Å²) in [4.78, 5) is 0. The highest BCUT2D eigenvalue weighted by Gasteiger charge is 2.22. The number of hydrogen-bond acceptors (Lipinski definition) is 2. The second-order valence-electron chi connectivity index (χ2n) is 5.18. The van der Waals surface area contributed by atoms with Crippen molar-refractivity contribution in [1.82, 2.24) is 0 Å². The van der Waals surface area contributed by atoms with Gasteiger partial charge < -0.3 is 9.47 Å². The lowest BCUT2D eigenvalue weighted by molar-refractivity contribution is -0.0198. The van der Waals surface area contributed by atoms with Crippen molar-refractivity contribution >= 4 is 0 Å². The molecule has 2 nitrogen and oxygen atoms in total. The van der Waals surface area contributed by atoms with Crippen LogP contribution in [0, 0.1) is 5.92 Å². The molecule has 0 amide bonds. The average molecular weight is 248 g/mol. The summed E-state index contributed by atoms with van der Waals surface area (Å²) in [5, 5.41) is 0. The first-order valence-corrected chi connectivity index (χ1v) is 7.09. The molecule has 100 valence electrons. The molecule has 1 aliphatic heterocycles. The van der Waals surface area contributed by atoms with Crippen molar-refractivity contribution in [3.05, 3.63) is 29.8 Å². The van der Waals surface area contributed by atoms with Crippen molar-refractivity contribution in [1.29, 1.82) is 0 Å². The van der Waals surface area contributed by atoms with E-state index in [9.17, 15) is 0 Å². The van der Waals surface area contributed by atoms with Gasteiger partial charge in [0, 0.05) is 0 Å². The Hall–Kier alpha value is -1.02. The van der Waals surface area contributed by atoms with E-state index in [1.165, 1.54) is 31.2 Å². The van der Waals surface area contributed by atoms with Gasteiger partial charge in [0.15, 0.2) is 0 Å². The molecule has 1 saturated heterocycles. The van der Waals surface area contributed by atoms with Gasteiger partial charge in [-0.15, -0.1) is 0 Å². The summed E-state index contributed by atoms with van der Waals surface area (Å²) in [6.07, 6.45) is 6.69. The van der Waals surface area contributed by atoms with Gasteiger partial charge in [-0.1, -0.05) is 31.9 Å². The quantitative estimate of drug-likeness (QED) is 0.771. The molecule has 0 saturated carbocycles. The van der Waals surface area contributed by atoms with Crippen molar-refractivity contribution in [3.8, 4) is 5.75 Å². The van der Waals surface area contributed by atoms with Crippen LogP contribution in [0.15, 0.2) is 24.3 Å². The Morgan fingerprint density at radius 3 is 2.56 bits per heavy atom. The molecule has 1 aromatic rings. The topological polar surface area (TPSA) is 18.5 Å². The van der Waals surface area contributed by atoms with E-state index >= 15 is 0 Å². The molecule has 1 aromatic carbocycles. The first-order chi connectivity index (χ1) is 8.83. The zero-order valence-corrected chi connectivity index (χ0v) is 11.5. The second kappa shape index (κ2) is 6.79. The summed E-state index contributed by atoms with van der Waals surface area (Å²) in [6.45, 7) is 3.18. The molecule has 2 atom stereocenters. The van der Waals surface area contributed by atoms with Gasteiger partial charge in [-0.25, -0.2) is 0 Å². The minimum absolute atomic E-state index is 0.286.